The third kappa shape index (κ3) is 4.39. The zero-order valence-electron chi connectivity index (χ0n) is 16.1. The fourth-order valence-corrected chi connectivity index (χ4v) is 6.89. The van der Waals surface area contributed by atoms with Crippen LogP contribution < -0.4 is 0 Å². The summed E-state index contributed by atoms with van der Waals surface area (Å²) >= 11 is 0. The molecule has 1 heterocycles. The van der Waals surface area contributed by atoms with Crippen molar-refractivity contribution in [2.24, 2.45) is 0 Å². The Kier molecular flexibility index (Phi) is 5.88. The fourth-order valence-electron chi connectivity index (χ4n) is 2.89. The van der Waals surface area contributed by atoms with Crippen LogP contribution in [-0.2, 0) is 25.5 Å². The molecule has 3 aromatic rings. The molecule has 152 valence electrons. The molecule has 6 nitrogen and oxygen atoms in total. The SMILES string of the molecule is CC(C)(CN(S(=O)(=O)c1ccccc1)S(=O)(=O)c1ccccc1)c1ccccn1. The van der Waals surface area contributed by atoms with Crippen molar-refractivity contribution in [1.82, 2.24) is 8.69 Å². The predicted molar refractivity (Wildman–Crippen MR) is 111 cm³/mol. The highest BCUT2D eigenvalue weighted by Gasteiger charge is 2.41. The van der Waals surface area contributed by atoms with E-state index in [9.17, 15) is 16.8 Å². The van der Waals surface area contributed by atoms with Crippen molar-refractivity contribution < 1.29 is 16.8 Å². The summed E-state index contributed by atoms with van der Waals surface area (Å²) in [5.74, 6) is 0. The zero-order chi connectivity index (χ0) is 21.1. The Morgan fingerprint density at radius 1 is 0.724 bits per heavy atom. The van der Waals surface area contributed by atoms with Crippen LogP contribution in [0.15, 0.2) is 94.9 Å². The van der Waals surface area contributed by atoms with Gasteiger partial charge < -0.3 is 0 Å². The van der Waals surface area contributed by atoms with E-state index in [2.05, 4.69) is 4.98 Å². The third-order valence-electron chi connectivity index (χ3n) is 4.50. The highest BCUT2D eigenvalue weighted by molar-refractivity contribution is 8.04. The molecule has 29 heavy (non-hydrogen) atoms. The Labute approximate surface area is 172 Å². The summed E-state index contributed by atoms with van der Waals surface area (Å²) < 4.78 is 54.1. The minimum absolute atomic E-state index is 0.0867. The molecular weight excluding hydrogens is 408 g/mol. The second-order valence-corrected chi connectivity index (χ2v) is 11.1. The van der Waals surface area contributed by atoms with E-state index in [1.54, 1.807) is 74.6 Å². The van der Waals surface area contributed by atoms with Crippen molar-refractivity contribution in [3.63, 3.8) is 0 Å². The molecule has 0 fully saturated rings. The van der Waals surface area contributed by atoms with E-state index in [0.717, 1.165) is 0 Å². The van der Waals surface area contributed by atoms with Gasteiger partial charge in [-0.15, -0.1) is 0 Å². The topological polar surface area (TPSA) is 84.4 Å². The van der Waals surface area contributed by atoms with Gasteiger partial charge in [0.05, 0.1) is 9.79 Å². The summed E-state index contributed by atoms with van der Waals surface area (Å²) in [5, 5.41) is 0. The molecule has 0 aliphatic carbocycles. The standard InChI is InChI=1S/C21H22N2O4S2/c1-21(2,20-15-9-10-16-22-20)17-23(28(24,25)18-11-5-3-6-12-18)29(26,27)19-13-7-4-8-14-19/h3-16H,17H2,1-2H3. The number of sulfonamides is 2. The van der Waals surface area contributed by atoms with Gasteiger partial charge in [0.2, 0.25) is 0 Å². The summed E-state index contributed by atoms with van der Waals surface area (Å²) in [6.45, 7) is 3.24. The average molecular weight is 431 g/mol. The van der Waals surface area contributed by atoms with Crippen LogP contribution in [0.5, 0.6) is 0 Å². The van der Waals surface area contributed by atoms with Crippen molar-refractivity contribution in [1.29, 1.82) is 0 Å². The molecule has 0 spiro atoms. The van der Waals surface area contributed by atoms with Gasteiger partial charge in [0.15, 0.2) is 0 Å². The van der Waals surface area contributed by atoms with Crippen LogP contribution in [0.1, 0.15) is 19.5 Å². The number of benzene rings is 2. The summed E-state index contributed by atoms with van der Waals surface area (Å²) in [6.07, 6.45) is 1.60. The molecular formula is C21H22N2O4S2. The van der Waals surface area contributed by atoms with E-state index in [1.807, 2.05) is 0 Å². The summed E-state index contributed by atoms with van der Waals surface area (Å²) in [6, 6.07) is 20.4. The first kappa shape index (κ1) is 21.2. The molecule has 0 radical (unpaired) electrons. The number of rotatable bonds is 7. The summed E-state index contributed by atoms with van der Waals surface area (Å²) in [5.41, 5.74) is -0.262. The summed E-state index contributed by atoms with van der Waals surface area (Å²) in [4.78, 5) is 4.12. The van der Waals surface area contributed by atoms with Gasteiger partial charge in [-0.1, -0.05) is 60.0 Å². The van der Waals surface area contributed by atoms with Crippen molar-refractivity contribution >= 4 is 20.0 Å². The van der Waals surface area contributed by atoms with Gasteiger partial charge in [0.1, 0.15) is 0 Å². The maximum atomic E-state index is 13.4. The Morgan fingerprint density at radius 2 is 1.17 bits per heavy atom. The van der Waals surface area contributed by atoms with E-state index >= 15 is 0 Å². The quantitative estimate of drug-likeness (QED) is 0.573. The van der Waals surface area contributed by atoms with Crippen molar-refractivity contribution in [2.45, 2.75) is 29.1 Å². The lowest BCUT2D eigenvalue weighted by molar-refractivity contribution is 0.405. The van der Waals surface area contributed by atoms with E-state index in [-0.39, 0.29) is 16.3 Å². The fraction of sp³-hybridized carbons (Fsp3) is 0.190. The first-order chi connectivity index (χ1) is 13.7. The molecule has 1 aromatic heterocycles. The molecule has 3 rings (SSSR count). The lowest BCUT2D eigenvalue weighted by Crippen LogP contribution is -2.44. The van der Waals surface area contributed by atoms with Crippen LogP contribution in [0.3, 0.4) is 0 Å². The van der Waals surface area contributed by atoms with E-state index in [0.29, 0.717) is 9.40 Å². The molecule has 0 amide bonds. The van der Waals surface area contributed by atoms with Gasteiger partial charge in [-0.05, 0) is 36.4 Å². The Hall–Kier alpha value is -2.55. The van der Waals surface area contributed by atoms with Gasteiger partial charge >= 0.3 is 0 Å². The van der Waals surface area contributed by atoms with Crippen molar-refractivity contribution in [3.8, 4) is 0 Å². The van der Waals surface area contributed by atoms with Crippen LogP contribution in [-0.4, -0.2) is 32.1 Å². The second-order valence-electron chi connectivity index (χ2n) is 7.17. The predicted octanol–water partition coefficient (Wildman–Crippen LogP) is 3.44. The molecule has 0 saturated carbocycles. The first-order valence-electron chi connectivity index (χ1n) is 8.95. The Balaban J connectivity index is 2.15. The molecule has 0 atom stereocenters. The molecule has 0 N–H and O–H groups in total. The van der Waals surface area contributed by atoms with Crippen molar-refractivity contribution in [2.75, 3.05) is 6.54 Å². The second kappa shape index (κ2) is 8.06. The van der Waals surface area contributed by atoms with Crippen LogP contribution in [0.25, 0.3) is 0 Å². The van der Waals surface area contributed by atoms with Gasteiger partial charge in [0, 0.05) is 23.9 Å². The zero-order valence-corrected chi connectivity index (χ0v) is 17.8. The highest BCUT2D eigenvalue weighted by Crippen LogP contribution is 2.30. The molecule has 2 aromatic carbocycles. The molecule has 0 aliphatic heterocycles. The van der Waals surface area contributed by atoms with Gasteiger partial charge in [-0.25, -0.2) is 16.8 Å². The van der Waals surface area contributed by atoms with Crippen molar-refractivity contribution in [3.05, 3.63) is 90.8 Å². The maximum Gasteiger partial charge on any atom is 0.256 e. The van der Waals surface area contributed by atoms with E-state index in [1.165, 1.54) is 24.3 Å². The monoisotopic (exact) mass is 430 g/mol. The highest BCUT2D eigenvalue weighted by atomic mass is 32.3. The molecule has 0 aliphatic rings. The van der Waals surface area contributed by atoms with Crippen LogP contribution >= 0.6 is 0 Å². The number of aromatic nitrogens is 1. The van der Waals surface area contributed by atoms with Crippen LogP contribution in [0, 0.1) is 0 Å². The minimum atomic E-state index is -4.33. The molecule has 0 unspecified atom stereocenters. The molecule has 8 heteroatoms. The third-order valence-corrected chi connectivity index (χ3v) is 8.74. The maximum absolute atomic E-state index is 13.4. The number of pyridine rings is 1. The van der Waals surface area contributed by atoms with Gasteiger partial charge in [-0.2, -0.15) is 0 Å². The smallest absolute Gasteiger partial charge is 0.256 e. The molecule has 0 bridgehead atoms. The van der Waals surface area contributed by atoms with Gasteiger partial charge in [-0.3, -0.25) is 4.98 Å². The van der Waals surface area contributed by atoms with Crippen LogP contribution in [0.4, 0.5) is 0 Å². The Bertz CT molecular complexity index is 1090. The largest absolute Gasteiger partial charge is 0.261 e. The van der Waals surface area contributed by atoms with E-state index < -0.39 is 25.5 Å². The number of hydrogen-bond acceptors (Lipinski definition) is 5. The lowest BCUT2D eigenvalue weighted by Gasteiger charge is -2.31. The number of hydrogen-bond donors (Lipinski definition) is 0. The Morgan fingerprint density at radius 3 is 1.59 bits per heavy atom. The molecule has 0 saturated heterocycles. The lowest BCUT2D eigenvalue weighted by atomic mass is 9.89. The average Bonchev–Trinajstić information content (AvgIpc) is 2.74. The number of nitrogens with zero attached hydrogens (tertiary/aromatic N) is 2. The van der Waals surface area contributed by atoms with Gasteiger partial charge in [0.25, 0.3) is 20.0 Å². The normalized spacial score (nSPS) is 12.8. The van der Waals surface area contributed by atoms with E-state index in [4.69, 9.17) is 0 Å². The minimum Gasteiger partial charge on any atom is -0.261 e. The summed E-state index contributed by atoms with van der Waals surface area (Å²) in [7, 11) is -8.66. The van der Waals surface area contributed by atoms with Crippen LogP contribution in [0.2, 0.25) is 0 Å². The first-order valence-corrected chi connectivity index (χ1v) is 11.8.